The number of aryl methyl sites for hydroxylation is 1. The number of β-amino-alcohol motifs (C(OH)–C–C–N with tert-alkyl or cyclic N) is 1. The van der Waals surface area contributed by atoms with Crippen molar-refractivity contribution in [2.75, 3.05) is 13.1 Å². The van der Waals surface area contributed by atoms with Crippen LogP contribution < -0.4 is 0 Å². The summed E-state index contributed by atoms with van der Waals surface area (Å²) in [5.41, 5.74) is 1.76. The zero-order chi connectivity index (χ0) is 11.0. The van der Waals surface area contributed by atoms with Gasteiger partial charge in [0, 0.05) is 25.8 Å². The third kappa shape index (κ3) is 1.77. The Labute approximate surface area is 89.1 Å². The zero-order valence-corrected chi connectivity index (χ0v) is 9.10. The minimum Gasteiger partial charge on any atom is -0.391 e. The summed E-state index contributed by atoms with van der Waals surface area (Å²) in [5.74, 6) is 0.0159. The van der Waals surface area contributed by atoms with Gasteiger partial charge in [0.05, 0.1) is 6.10 Å². The van der Waals surface area contributed by atoms with E-state index in [0.29, 0.717) is 25.2 Å². The Morgan fingerprint density at radius 3 is 2.73 bits per heavy atom. The van der Waals surface area contributed by atoms with E-state index < -0.39 is 0 Å². The quantitative estimate of drug-likeness (QED) is 0.732. The number of nitrogens with zero attached hydrogens (tertiary/aromatic N) is 2. The van der Waals surface area contributed by atoms with E-state index >= 15 is 0 Å². The van der Waals surface area contributed by atoms with Crippen molar-refractivity contribution in [2.45, 2.75) is 19.4 Å². The van der Waals surface area contributed by atoms with Gasteiger partial charge in [0.25, 0.3) is 5.91 Å². The van der Waals surface area contributed by atoms with Gasteiger partial charge in [-0.05, 0) is 25.5 Å². The number of hydrogen-bond acceptors (Lipinski definition) is 2. The minimum atomic E-state index is -0.352. The Bertz CT molecular complexity index is 384. The van der Waals surface area contributed by atoms with Gasteiger partial charge in [0.1, 0.15) is 5.69 Å². The molecule has 15 heavy (non-hydrogen) atoms. The normalized spacial score (nSPS) is 21.0. The van der Waals surface area contributed by atoms with E-state index in [1.165, 1.54) is 0 Å². The van der Waals surface area contributed by atoms with Crippen molar-refractivity contribution in [3.63, 3.8) is 0 Å². The van der Waals surface area contributed by atoms with Gasteiger partial charge in [-0.1, -0.05) is 0 Å². The molecular weight excluding hydrogens is 192 g/mol. The summed E-state index contributed by atoms with van der Waals surface area (Å²) in [6.45, 7) is 3.09. The van der Waals surface area contributed by atoms with Gasteiger partial charge in [-0.2, -0.15) is 0 Å². The van der Waals surface area contributed by atoms with Crippen LogP contribution in [0.1, 0.15) is 22.6 Å². The lowest BCUT2D eigenvalue weighted by molar-refractivity contribution is 0.0755. The van der Waals surface area contributed by atoms with E-state index in [0.717, 1.165) is 5.69 Å². The Kier molecular flexibility index (Phi) is 2.52. The van der Waals surface area contributed by atoms with E-state index in [1.807, 2.05) is 30.7 Å². The SMILES string of the molecule is Cc1ccc(C(=O)N2CCC(O)C2)n1C. The molecule has 0 aromatic carbocycles. The molecule has 1 unspecified atom stereocenters. The maximum Gasteiger partial charge on any atom is 0.270 e. The van der Waals surface area contributed by atoms with Crippen LogP contribution in [0.5, 0.6) is 0 Å². The number of carbonyl (C=O) groups is 1. The maximum absolute atomic E-state index is 12.0. The molecular formula is C11H16N2O2. The van der Waals surface area contributed by atoms with E-state index in [4.69, 9.17) is 0 Å². The number of carbonyl (C=O) groups excluding carboxylic acids is 1. The predicted molar refractivity (Wildman–Crippen MR) is 56.7 cm³/mol. The summed E-state index contributed by atoms with van der Waals surface area (Å²) in [4.78, 5) is 13.7. The van der Waals surface area contributed by atoms with Crippen LogP contribution in [0.3, 0.4) is 0 Å². The average molecular weight is 208 g/mol. The highest BCUT2D eigenvalue weighted by atomic mass is 16.3. The fourth-order valence-corrected chi connectivity index (χ4v) is 1.92. The molecule has 1 aliphatic heterocycles. The molecule has 4 nitrogen and oxygen atoms in total. The number of hydrogen-bond donors (Lipinski definition) is 1. The molecule has 2 heterocycles. The number of rotatable bonds is 1. The van der Waals surface area contributed by atoms with Crippen LogP contribution in [0.4, 0.5) is 0 Å². The monoisotopic (exact) mass is 208 g/mol. The van der Waals surface area contributed by atoms with Crippen molar-refractivity contribution < 1.29 is 9.90 Å². The van der Waals surface area contributed by atoms with Crippen molar-refractivity contribution in [1.29, 1.82) is 0 Å². The largest absolute Gasteiger partial charge is 0.391 e. The molecule has 1 saturated heterocycles. The molecule has 0 spiro atoms. The molecule has 0 aliphatic carbocycles. The molecule has 2 rings (SSSR count). The Morgan fingerprint density at radius 1 is 1.53 bits per heavy atom. The fraction of sp³-hybridized carbons (Fsp3) is 0.545. The predicted octanol–water partition coefficient (Wildman–Crippen LogP) is 0.540. The van der Waals surface area contributed by atoms with Crippen molar-refractivity contribution in [3.8, 4) is 0 Å². The molecule has 0 bridgehead atoms. The first-order valence-electron chi connectivity index (χ1n) is 5.19. The van der Waals surface area contributed by atoms with Crippen LogP contribution in [0.25, 0.3) is 0 Å². The highest BCUT2D eigenvalue weighted by molar-refractivity contribution is 5.93. The van der Waals surface area contributed by atoms with Gasteiger partial charge in [0.15, 0.2) is 0 Å². The Balaban J connectivity index is 2.18. The molecule has 0 saturated carbocycles. The molecule has 1 atom stereocenters. The molecule has 1 amide bonds. The van der Waals surface area contributed by atoms with Gasteiger partial charge in [-0.3, -0.25) is 4.79 Å². The second-order valence-corrected chi connectivity index (χ2v) is 4.11. The second kappa shape index (κ2) is 3.70. The van der Waals surface area contributed by atoms with Gasteiger partial charge in [-0.25, -0.2) is 0 Å². The van der Waals surface area contributed by atoms with Crippen LogP contribution in [0.2, 0.25) is 0 Å². The molecule has 4 heteroatoms. The first-order valence-corrected chi connectivity index (χ1v) is 5.19. The molecule has 1 aromatic rings. The average Bonchev–Trinajstić information content (AvgIpc) is 2.75. The highest BCUT2D eigenvalue weighted by Gasteiger charge is 2.26. The van der Waals surface area contributed by atoms with Gasteiger partial charge in [-0.15, -0.1) is 0 Å². The van der Waals surface area contributed by atoms with Crippen molar-refractivity contribution >= 4 is 5.91 Å². The summed E-state index contributed by atoms with van der Waals surface area (Å²) < 4.78 is 1.88. The van der Waals surface area contributed by atoms with E-state index in [9.17, 15) is 9.90 Å². The topological polar surface area (TPSA) is 45.5 Å². The third-order valence-electron chi connectivity index (χ3n) is 3.04. The van der Waals surface area contributed by atoms with Crippen LogP contribution >= 0.6 is 0 Å². The molecule has 0 radical (unpaired) electrons. The smallest absolute Gasteiger partial charge is 0.270 e. The summed E-state index contributed by atoms with van der Waals surface area (Å²) in [7, 11) is 1.88. The third-order valence-corrected chi connectivity index (χ3v) is 3.04. The van der Waals surface area contributed by atoms with E-state index in [2.05, 4.69) is 0 Å². The van der Waals surface area contributed by atoms with Crippen molar-refractivity contribution in [1.82, 2.24) is 9.47 Å². The molecule has 1 fully saturated rings. The van der Waals surface area contributed by atoms with Crippen LogP contribution in [0, 0.1) is 6.92 Å². The number of aromatic nitrogens is 1. The number of aliphatic hydroxyl groups is 1. The van der Waals surface area contributed by atoms with Crippen LogP contribution in [-0.4, -0.2) is 39.7 Å². The number of aliphatic hydroxyl groups excluding tert-OH is 1. The summed E-state index contributed by atoms with van der Waals surface area (Å²) >= 11 is 0. The standard InChI is InChI=1S/C11H16N2O2/c1-8-3-4-10(12(8)2)11(15)13-6-5-9(14)7-13/h3-4,9,14H,5-7H2,1-2H3. The zero-order valence-electron chi connectivity index (χ0n) is 9.10. The Morgan fingerprint density at radius 2 is 2.27 bits per heavy atom. The van der Waals surface area contributed by atoms with E-state index in [-0.39, 0.29) is 12.0 Å². The second-order valence-electron chi connectivity index (χ2n) is 4.11. The van der Waals surface area contributed by atoms with Crippen molar-refractivity contribution in [3.05, 3.63) is 23.5 Å². The van der Waals surface area contributed by atoms with Gasteiger partial charge < -0.3 is 14.6 Å². The number of amides is 1. The lowest BCUT2D eigenvalue weighted by atomic mass is 10.3. The lowest BCUT2D eigenvalue weighted by Gasteiger charge is -2.16. The van der Waals surface area contributed by atoms with Gasteiger partial charge >= 0.3 is 0 Å². The van der Waals surface area contributed by atoms with Crippen LogP contribution in [0.15, 0.2) is 12.1 Å². The maximum atomic E-state index is 12.0. The first-order chi connectivity index (χ1) is 7.09. The summed E-state index contributed by atoms with van der Waals surface area (Å²) in [5, 5.41) is 9.37. The molecule has 1 aliphatic rings. The number of likely N-dealkylation sites (tertiary alicyclic amines) is 1. The lowest BCUT2D eigenvalue weighted by Crippen LogP contribution is -2.30. The molecule has 1 N–H and O–H groups in total. The highest BCUT2D eigenvalue weighted by Crippen LogP contribution is 2.14. The fourth-order valence-electron chi connectivity index (χ4n) is 1.92. The molecule has 1 aromatic heterocycles. The van der Waals surface area contributed by atoms with Crippen LogP contribution in [-0.2, 0) is 7.05 Å². The molecule has 82 valence electrons. The first kappa shape index (κ1) is 10.2. The minimum absolute atomic E-state index is 0.0159. The van der Waals surface area contributed by atoms with Gasteiger partial charge in [0.2, 0.25) is 0 Å². The Hall–Kier alpha value is -1.29. The summed E-state index contributed by atoms with van der Waals surface area (Å²) in [6.07, 6.45) is 0.338. The summed E-state index contributed by atoms with van der Waals surface area (Å²) in [6, 6.07) is 3.77. The van der Waals surface area contributed by atoms with E-state index in [1.54, 1.807) is 4.90 Å². The van der Waals surface area contributed by atoms with Crippen molar-refractivity contribution in [2.24, 2.45) is 7.05 Å².